The smallest absolute Gasteiger partial charge is 0.251 e. The minimum absolute atomic E-state index is 0.0199. The van der Waals surface area contributed by atoms with E-state index in [2.05, 4.69) is 11.4 Å². The summed E-state index contributed by atoms with van der Waals surface area (Å²) in [6, 6.07) is 12.9. The fourth-order valence-electron chi connectivity index (χ4n) is 3.59. The molecule has 2 amide bonds. The van der Waals surface area contributed by atoms with E-state index in [0.717, 1.165) is 29.1 Å². The minimum Gasteiger partial charge on any atom is -0.497 e. The number of carbonyl (C=O) groups excluding carboxylic acids is 2. The summed E-state index contributed by atoms with van der Waals surface area (Å²) in [5.74, 6) is 1.38. The number of aryl methyl sites for hydroxylation is 1. The molecule has 1 N–H and O–H groups in total. The maximum absolute atomic E-state index is 13.3. The van der Waals surface area contributed by atoms with E-state index in [1.165, 1.54) is 5.56 Å². The molecule has 6 heteroatoms. The van der Waals surface area contributed by atoms with Crippen molar-refractivity contribution in [1.29, 1.82) is 0 Å². The molecule has 0 bridgehead atoms. The first kappa shape index (κ1) is 21.2. The van der Waals surface area contributed by atoms with Gasteiger partial charge >= 0.3 is 0 Å². The SMILES string of the molecule is COc1ccc2c(c1)CN(C(=O)C(CCSC)NC(=O)c1cccc(C)c1)CC2. The Morgan fingerprint density at radius 2 is 2.03 bits per heavy atom. The van der Waals surface area contributed by atoms with Crippen LogP contribution in [0.4, 0.5) is 0 Å². The van der Waals surface area contributed by atoms with Crippen LogP contribution in [0.25, 0.3) is 0 Å². The zero-order chi connectivity index (χ0) is 20.8. The van der Waals surface area contributed by atoms with E-state index in [1.54, 1.807) is 24.9 Å². The Morgan fingerprint density at radius 3 is 2.76 bits per heavy atom. The summed E-state index contributed by atoms with van der Waals surface area (Å²) in [7, 11) is 1.65. The molecule has 3 rings (SSSR count). The highest BCUT2D eigenvalue weighted by molar-refractivity contribution is 7.98. The van der Waals surface area contributed by atoms with Crippen LogP contribution in [-0.4, -0.2) is 48.4 Å². The number of carbonyl (C=O) groups is 2. The van der Waals surface area contributed by atoms with Crippen molar-refractivity contribution < 1.29 is 14.3 Å². The van der Waals surface area contributed by atoms with E-state index in [4.69, 9.17) is 4.74 Å². The van der Waals surface area contributed by atoms with Crippen molar-refractivity contribution in [3.8, 4) is 5.75 Å². The van der Waals surface area contributed by atoms with E-state index < -0.39 is 6.04 Å². The Hall–Kier alpha value is -2.47. The quantitative estimate of drug-likeness (QED) is 0.757. The van der Waals surface area contributed by atoms with E-state index in [-0.39, 0.29) is 11.8 Å². The predicted octanol–water partition coefficient (Wildman–Crippen LogP) is 3.44. The van der Waals surface area contributed by atoms with Gasteiger partial charge in [0.05, 0.1) is 7.11 Å². The van der Waals surface area contributed by atoms with Gasteiger partial charge in [0.1, 0.15) is 11.8 Å². The molecule has 1 heterocycles. The first-order valence-electron chi connectivity index (χ1n) is 9.83. The molecule has 0 saturated carbocycles. The topological polar surface area (TPSA) is 58.6 Å². The summed E-state index contributed by atoms with van der Waals surface area (Å²) >= 11 is 1.67. The molecular formula is C23H28N2O3S. The summed E-state index contributed by atoms with van der Waals surface area (Å²) < 4.78 is 5.32. The second-order valence-corrected chi connectivity index (χ2v) is 8.31. The second-order valence-electron chi connectivity index (χ2n) is 7.32. The van der Waals surface area contributed by atoms with Crippen LogP contribution in [-0.2, 0) is 17.8 Å². The third-order valence-corrected chi connectivity index (χ3v) is 5.88. The van der Waals surface area contributed by atoms with Crippen LogP contribution in [0.1, 0.15) is 33.5 Å². The van der Waals surface area contributed by atoms with Gasteiger partial charge in [0.25, 0.3) is 5.91 Å². The third-order valence-electron chi connectivity index (χ3n) is 5.23. The van der Waals surface area contributed by atoms with Crippen LogP contribution < -0.4 is 10.1 Å². The molecule has 1 atom stereocenters. The molecule has 5 nitrogen and oxygen atoms in total. The zero-order valence-corrected chi connectivity index (χ0v) is 18.1. The molecule has 0 saturated heterocycles. The molecule has 1 unspecified atom stereocenters. The van der Waals surface area contributed by atoms with Gasteiger partial charge in [0, 0.05) is 18.7 Å². The standard InChI is InChI=1S/C23H28N2O3S/c1-16-5-4-6-18(13-16)22(26)24-21(10-12-29-3)23(27)25-11-9-17-7-8-20(28-2)14-19(17)15-25/h4-8,13-14,21H,9-12,15H2,1-3H3,(H,24,26). The second kappa shape index (κ2) is 9.83. The Bertz CT molecular complexity index is 884. The van der Waals surface area contributed by atoms with Gasteiger partial charge in [-0.05, 0) is 67.2 Å². The average molecular weight is 413 g/mol. The van der Waals surface area contributed by atoms with Crippen molar-refractivity contribution in [2.45, 2.75) is 32.4 Å². The minimum atomic E-state index is -0.525. The van der Waals surface area contributed by atoms with Gasteiger partial charge in [0.2, 0.25) is 5.91 Å². The first-order valence-corrected chi connectivity index (χ1v) is 11.2. The number of hydrogen-bond acceptors (Lipinski definition) is 4. The molecule has 0 radical (unpaired) electrons. The van der Waals surface area contributed by atoms with Crippen molar-refractivity contribution in [2.75, 3.05) is 25.7 Å². The van der Waals surface area contributed by atoms with Gasteiger partial charge in [-0.15, -0.1) is 0 Å². The van der Waals surface area contributed by atoms with E-state index in [1.807, 2.05) is 48.4 Å². The number of ether oxygens (including phenoxy) is 1. The lowest BCUT2D eigenvalue weighted by Gasteiger charge is -2.32. The molecule has 0 aliphatic carbocycles. The molecule has 29 heavy (non-hydrogen) atoms. The van der Waals surface area contributed by atoms with Gasteiger partial charge in [-0.1, -0.05) is 23.8 Å². The highest BCUT2D eigenvalue weighted by Crippen LogP contribution is 2.24. The average Bonchev–Trinajstić information content (AvgIpc) is 2.75. The Labute approximate surface area is 176 Å². The number of nitrogens with one attached hydrogen (secondary N) is 1. The first-order chi connectivity index (χ1) is 14.0. The van der Waals surface area contributed by atoms with Crippen LogP contribution in [0.2, 0.25) is 0 Å². The van der Waals surface area contributed by atoms with Gasteiger partial charge in [-0.3, -0.25) is 9.59 Å². The monoisotopic (exact) mass is 412 g/mol. The molecule has 0 spiro atoms. The highest BCUT2D eigenvalue weighted by Gasteiger charge is 2.28. The van der Waals surface area contributed by atoms with Crippen LogP contribution in [0.3, 0.4) is 0 Å². The Balaban J connectivity index is 1.74. The van der Waals surface area contributed by atoms with Crippen LogP contribution in [0.15, 0.2) is 42.5 Å². The number of nitrogens with zero attached hydrogens (tertiary/aromatic N) is 1. The van der Waals surface area contributed by atoms with Crippen molar-refractivity contribution in [3.05, 3.63) is 64.7 Å². The fraction of sp³-hybridized carbons (Fsp3) is 0.391. The maximum atomic E-state index is 13.3. The Kier molecular flexibility index (Phi) is 7.20. The molecule has 0 aromatic heterocycles. The Morgan fingerprint density at radius 1 is 1.21 bits per heavy atom. The number of methoxy groups -OCH3 is 1. The fourth-order valence-corrected chi connectivity index (χ4v) is 4.06. The number of hydrogen-bond donors (Lipinski definition) is 1. The maximum Gasteiger partial charge on any atom is 0.251 e. The highest BCUT2D eigenvalue weighted by atomic mass is 32.2. The summed E-state index contributed by atoms with van der Waals surface area (Å²) in [4.78, 5) is 27.9. The molecular weight excluding hydrogens is 384 g/mol. The molecule has 2 aromatic carbocycles. The van der Waals surface area contributed by atoms with E-state index >= 15 is 0 Å². The number of benzene rings is 2. The number of thioether (sulfide) groups is 1. The van der Waals surface area contributed by atoms with Gasteiger partial charge in [-0.2, -0.15) is 11.8 Å². The van der Waals surface area contributed by atoms with Crippen molar-refractivity contribution in [1.82, 2.24) is 10.2 Å². The lowest BCUT2D eigenvalue weighted by molar-refractivity contribution is -0.134. The number of fused-ring (bicyclic) bond motifs is 1. The summed E-state index contributed by atoms with van der Waals surface area (Å²) in [6.45, 7) is 3.16. The lowest BCUT2D eigenvalue weighted by atomic mass is 9.98. The van der Waals surface area contributed by atoms with Crippen molar-refractivity contribution >= 4 is 23.6 Å². The van der Waals surface area contributed by atoms with Gasteiger partial charge in [-0.25, -0.2) is 0 Å². The van der Waals surface area contributed by atoms with Crippen molar-refractivity contribution in [2.24, 2.45) is 0 Å². The molecule has 1 aliphatic rings. The third kappa shape index (κ3) is 5.32. The lowest BCUT2D eigenvalue weighted by Crippen LogP contribution is -2.50. The predicted molar refractivity (Wildman–Crippen MR) is 118 cm³/mol. The van der Waals surface area contributed by atoms with E-state index in [0.29, 0.717) is 25.1 Å². The zero-order valence-electron chi connectivity index (χ0n) is 17.2. The summed E-state index contributed by atoms with van der Waals surface area (Å²) in [5, 5.41) is 2.97. The van der Waals surface area contributed by atoms with Crippen molar-refractivity contribution in [3.63, 3.8) is 0 Å². The largest absolute Gasteiger partial charge is 0.497 e. The molecule has 154 valence electrons. The van der Waals surface area contributed by atoms with Gasteiger partial charge in [0.15, 0.2) is 0 Å². The molecule has 0 fully saturated rings. The van der Waals surface area contributed by atoms with Gasteiger partial charge < -0.3 is 15.0 Å². The molecule has 1 aliphatic heterocycles. The molecule has 2 aromatic rings. The van der Waals surface area contributed by atoms with Crippen LogP contribution >= 0.6 is 11.8 Å². The number of rotatable bonds is 7. The number of amides is 2. The summed E-state index contributed by atoms with van der Waals surface area (Å²) in [5.41, 5.74) is 3.96. The van der Waals surface area contributed by atoms with Crippen LogP contribution in [0.5, 0.6) is 5.75 Å². The van der Waals surface area contributed by atoms with E-state index in [9.17, 15) is 9.59 Å². The van der Waals surface area contributed by atoms with Crippen LogP contribution in [0, 0.1) is 6.92 Å². The normalized spacial score (nSPS) is 14.1. The summed E-state index contributed by atoms with van der Waals surface area (Å²) in [6.07, 6.45) is 3.43.